The van der Waals surface area contributed by atoms with Gasteiger partial charge in [0.15, 0.2) is 0 Å². The topological polar surface area (TPSA) is 49.4 Å². The summed E-state index contributed by atoms with van der Waals surface area (Å²) in [6.07, 6.45) is 0. The molecule has 4 nitrogen and oxygen atoms in total. The van der Waals surface area contributed by atoms with Crippen molar-refractivity contribution in [3.05, 3.63) is 29.8 Å². The highest BCUT2D eigenvalue weighted by Gasteiger charge is 2.13. The quantitative estimate of drug-likeness (QED) is 0.791. The fraction of sp³-hybridized carbons (Fsp3) is 0.333. The van der Waals surface area contributed by atoms with E-state index >= 15 is 0 Å². The summed E-state index contributed by atoms with van der Waals surface area (Å²) in [4.78, 5) is 25.4. The first kappa shape index (κ1) is 13.6. The van der Waals surface area contributed by atoms with Gasteiger partial charge in [-0.2, -0.15) is 0 Å². The average molecular weight is 252 g/mol. The number of rotatable bonds is 4. The van der Waals surface area contributed by atoms with Crippen molar-refractivity contribution >= 4 is 24.4 Å². The molecule has 0 heterocycles. The number of nitrogens with one attached hydrogen (secondary N) is 1. The van der Waals surface area contributed by atoms with Gasteiger partial charge < -0.3 is 10.2 Å². The van der Waals surface area contributed by atoms with Crippen molar-refractivity contribution in [3.8, 4) is 0 Å². The number of thiol groups is 1. The van der Waals surface area contributed by atoms with Gasteiger partial charge in [-0.3, -0.25) is 9.59 Å². The van der Waals surface area contributed by atoms with E-state index in [-0.39, 0.29) is 18.4 Å². The standard InChI is InChI=1S/C12H16N2O2S/c1-3-13-11(15)8-14(2)12(16)9-4-6-10(17)7-5-9/h4-7,17H,3,8H2,1-2H3,(H,13,15). The van der Waals surface area contributed by atoms with Crippen LogP contribution >= 0.6 is 12.6 Å². The third-order valence-corrected chi connectivity index (χ3v) is 2.51. The van der Waals surface area contributed by atoms with E-state index in [9.17, 15) is 9.59 Å². The lowest BCUT2D eigenvalue weighted by Crippen LogP contribution is -2.38. The fourth-order valence-corrected chi connectivity index (χ4v) is 1.51. The summed E-state index contributed by atoms with van der Waals surface area (Å²) in [5, 5.41) is 2.65. The summed E-state index contributed by atoms with van der Waals surface area (Å²) < 4.78 is 0. The van der Waals surface area contributed by atoms with E-state index in [1.165, 1.54) is 4.90 Å². The van der Waals surface area contributed by atoms with Gasteiger partial charge in [0.1, 0.15) is 0 Å². The van der Waals surface area contributed by atoms with E-state index in [0.717, 1.165) is 4.90 Å². The summed E-state index contributed by atoms with van der Waals surface area (Å²) in [5.41, 5.74) is 0.551. The molecule has 0 aliphatic heterocycles. The lowest BCUT2D eigenvalue weighted by atomic mass is 10.2. The maximum Gasteiger partial charge on any atom is 0.254 e. The molecule has 0 saturated carbocycles. The van der Waals surface area contributed by atoms with Crippen LogP contribution in [-0.2, 0) is 4.79 Å². The van der Waals surface area contributed by atoms with Crippen molar-refractivity contribution in [1.29, 1.82) is 0 Å². The largest absolute Gasteiger partial charge is 0.355 e. The maximum atomic E-state index is 11.9. The normalized spacial score (nSPS) is 9.82. The molecule has 0 aliphatic rings. The van der Waals surface area contributed by atoms with Crippen molar-refractivity contribution in [3.63, 3.8) is 0 Å². The molecule has 0 fully saturated rings. The number of amides is 2. The summed E-state index contributed by atoms with van der Waals surface area (Å²) in [5.74, 6) is -0.334. The summed E-state index contributed by atoms with van der Waals surface area (Å²) >= 11 is 4.15. The van der Waals surface area contributed by atoms with E-state index in [1.807, 2.05) is 6.92 Å². The monoisotopic (exact) mass is 252 g/mol. The first-order valence-corrected chi connectivity index (χ1v) is 5.80. The van der Waals surface area contributed by atoms with Gasteiger partial charge in [-0.05, 0) is 31.2 Å². The van der Waals surface area contributed by atoms with Gasteiger partial charge in [0, 0.05) is 24.1 Å². The van der Waals surface area contributed by atoms with Gasteiger partial charge in [0.25, 0.3) is 5.91 Å². The van der Waals surface area contributed by atoms with Crippen LogP contribution in [0, 0.1) is 0 Å². The Morgan fingerprint density at radius 2 is 1.88 bits per heavy atom. The number of carbonyl (C=O) groups excluding carboxylic acids is 2. The molecule has 0 unspecified atom stereocenters. The molecule has 0 bridgehead atoms. The number of carbonyl (C=O) groups is 2. The first-order valence-electron chi connectivity index (χ1n) is 5.35. The second kappa shape index (κ2) is 6.30. The van der Waals surface area contributed by atoms with Gasteiger partial charge >= 0.3 is 0 Å². The number of hydrogen-bond acceptors (Lipinski definition) is 3. The third kappa shape index (κ3) is 4.11. The molecule has 0 aliphatic carbocycles. The molecule has 1 rings (SSSR count). The SMILES string of the molecule is CCNC(=O)CN(C)C(=O)c1ccc(S)cc1. The minimum absolute atomic E-state index is 0.0648. The molecule has 0 atom stereocenters. The lowest BCUT2D eigenvalue weighted by molar-refractivity contribution is -0.121. The number of benzene rings is 1. The number of nitrogens with zero attached hydrogens (tertiary/aromatic N) is 1. The Bertz CT molecular complexity index is 403. The second-order valence-corrected chi connectivity index (χ2v) is 4.18. The summed E-state index contributed by atoms with van der Waals surface area (Å²) in [7, 11) is 1.60. The molecule has 17 heavy (non-hydrogen) atoms. The minimum Gasteiger partial charge on any atom is -0.355 e. The molecule has 0 radical (unpaired) electrons. The van der Waals surface area contributed by atoms with Crippen molar-refractivity contribution in [2.75, 3.05) is 20.1 Å². The molecular formula is C12H16N2O2S. The van der Waals surface area contributed by atoms with Crippen LogP contribution in [0.1, 0.15) is 17.3 Å². The van der Waals surface area contributed by atoms with Crippen LogP contribution in [0.3, 0.4) is 0 Å². The Labute approximate surface area is 106 Å². The van der Waals surface area contributed by atoms with Crippen LogP contribution in [0.2, 0.25) is 0 Å². The molecule has 0 aromatic heterocycles. The molecule has 1 aromatic rings. The van der Waals surface area contributed by atoms with Crippen molar-refractivity contribution in [2.24, 2.45) is 0 Å². The predicted molar refractivity (Wildman–Crippen MR) is 69.3 cm³/mol. The van der Waals surface area contributed by atoms with Gasteiger partial charge in [-0.15, -0.1) is 12.6 Å². The van der Waals surface area contributed by atoms with Crippen LogP contribution in [0.15, 0.2) is 29.2 Å². The zero-order valence-corrected chi connectivity index (χ0v) is 10.8. The second-order valence-electron chi connectivity index (χ2n) is 3.66. The Kier molecular flexibility index (Phi) is 5.03. The number of likely N-dealkylation sites (N-methyl/N-ethyl adjacent to an activating group) is 2. The molecule has 0 saturated heterocycles. The van der Waals surface area contributed by atoms with E-state index in [4.69, 9.17) is 0 Å². The minimum atomic E-state index is -0.176. The Balaban J connectivity index is 2.63. The summed E-state index contributed by atoms with van der Waals surface area (Å²) in [6, 6.07) is 6.88. The molecule has 5 heteroatoms. The van der Waals surface area contributed by atoms with Crippen LogP contribution in [-0.4, -0.2) is 36.9 Å². The van der Waals surface area contributed by atoms with Crippen molar-refractivity contribution in [2.45, 2.75) is 11.8 Å². The van der Waals surface area contributed by atoms with Crippen LogP contribution in [0.25, 0.3) is 0 Å². The lowest BCUT2D eigenvalue weighted by Gasteiger charge is -2.16. The highest BCUT2D eigenvalue weighted by Crippen LogP contribution is 2.09. The highest BCUT2D eigenvalue weighted by molar-refractivity contribution is 7.80. The van der Waals surface area contributed by atoms with Gasteiger partial charge in [0.2, 0.25) is 5.91 Å². The highest BCUT2D eigenvalue weighted by atomic mass is 32.1. The van der Waals surface area contributed by atoms with Gasteiger partial charge in [-0.25, -0.2) is 0 Å². The van der Waals surface area contributed by atoms with Crippen LogP contribution in [0.5, 0.6) is 0 Å². The molecule has 92 valence electrons. The third-order valence-electron chi connectivity index (χ3n) is 2.22. The van der Waals surface area contributed by atoms with Crippen LogP contribution in [0.4, 0.5) is 0 Å². The van der Waals surface area contributed by atoms with Gasteiger partial charge in [-0.1, -0.05) is 0 Å². The van der Waals surface area contributed by atoms with Gasteiger partial charge in [0.05, 0.1) is 6.54 Å². The Hall–Kier alpha value is -1.49. The summed E-state index contributed by atoms with van der Waals surface area (Å²) in [6.45, 7) is 2.47. The van der Waals surface area contributed by atoms with E-state index in [2.05, 4.69) is 17.9 Å². The predicted octanol–water partition coefficient (Wildman–Crippen LogP) is 1.18. The fourth-order valence-electron chi connectivity index (χ4n) is 1.36. The zero-order valence-electron chi connectivity index (χ0n) is 9.93. The Morgan fingerprint density at radius 3 is 2.41 bits per heavy atom. The molecule has 0 spiro atoms. The zero-order chi connectivity index (χ0) is 12.8. The molecule has 2 amide bonds. The van der Waals surface area contributed by atoms with Crippen molar-refractivity contribution < 1.29 is 9.59 Å². The molecular weight excluding hydrogens is 236 g/mol. The van der Waals surface area contributed by atoms with E-state index in [1.54, 1.807) is 31.3 Å². The smallest absolute Gasteiger partial charge is 0.254 e. The van der Waals surface area contributed by atoms with E-state index < -0.39 is 0 Å². The average Bonchev–Trinajstić information content (AvgIpc) is 2.29. The number of hydrogen-bond donors (Lipinski definition) is 2. The molecule has 1 aromatic carbocycles. The molecule has 1 N–H and O–H groups in total. The maximum absolute atomic E-state index is 11.9. The van der Waals surface area contributed by atoms with Crippen LogP contribution < -0.4 is 5.32 Å². The van der Waals surface area contributed by atoms with E-state index in [0.29, 0.717) is 12.1 Å². The Morgan fingerprint density at radius 1 is 1.29 bits per heavy atom. The van der Waals surface area contributed by atoms with Crippen molar-refractivity contribution in [1.82, 2.24) is 10.2 Å². The first-order chi connectivity index (χ1) is 8.04.